The number of imide groups is 1. The van der Waals surface area contributed by atoms with Crippen molar-refractivity contribution in [1.29, 1.82) is 0 Å². The van der Waals surface area contributed by atoms with Crippen LogP contribution in [-0.2, 0) is 9.59 Å². The Morgan fingerprint density at radius 1 is 1.29 bits per heavy atom. The third-order valence-electron chi connectivity index (χ3n) is 3.49. The minimum absolute atomic E-state index is 0.207. The fraction of sp³-hybridized carbons (Fsp3) is 0.727. The Morgan fingerprint density at radius 3 is 2.53 bits per heavy atom. The molecule has 0 aromatic carbocycles. The summed E-state index contributed by atoms with van der Waals surface area (Å²) in [5.41, 5.74) is 5.01. The predicted molar refractivity (Wildman–Crippen MR) is 59.8 cm³/mol. The zero-order chi connectivity index (χ0) is 12.4. The average Bonchev–Trinajstić information content (AvgIpc) is 2.58. The van der Waals surface area contributed by atoms with Crippen molar-refractivity contribution >= 4 is 17.8 Å². The molecule has 4 amide bonds. The van der Waals surface area contributed by atoms with Crippen molar-refractivity contribution in [2.24, 2.45) is 11.7 Å². The van der Waals surface area contributed by atoms with E-state index in [9.17, 15) is 14.4 Å². The molecule has 2 fully saturated rings. The van der Waals surface area contributed by atoms with Crippen molar-refractivity contribution < 1.29 is 14.4 Å². The Labute approximate surface area is 99.5 Å². The summed E-state index contributed by atoms with van der Waals surface area (Å²) in [6.45, 7) is -0.326. The maximum Gasteiger partial charge on any atom is 0.325 e. The number of nitrogens with two attached hydrogens (primary N) is 1. The third kappa shape index (κ3) is 2.40. The Morgan fingerprint density at radius 2 is 1.94 bits per heavy atom. The van der Waals surface area contributed by atoms with E-state index in [0.29, 0.717) is 0 Å². The van der Waals surface area contributed by atoms with Gasteiger partial charge in [-0.2, -0.15) is 0 Å². The van der Waals surface area contributed by atoms with Crippen LogP contribution in [0.25, 0.3) is 0 Å². The number of carbonyl (C=O) groups is 3. The third-order valence-corrected chi connectivity index (χ3v) is 3.49. The van der Waals surface area contributed by atoms with Crippen LogP contribution in [0.15, 0.2) is 0 Å². The van der Waals surface area contributed by atoms with Gasteiger partial charge in [0.05, 0.1) is 0 Å². The van der Waals surface area contributed by atoms with Gasteiger partial charge < -0.3 is 11.1 Å². The zero-order valence-electron chi connectivity index (χ0n) is 9.65. The Balaban J connectivity index is 2.03. The van der Waals surface area contributed by atoms with Crippen LogP contribution in [0.3, 0.4) is 0 Å². The lowest BCUT2D eigenvalue weighted by Crippen LogP contribution is -2.40. The second-order valence-electron chi connectivity index (χ2n) is 4.72. The number of hydrogen-bond acceptors (Lipinski definition) is 3. The molecule has 1 aliphatic carbocycles. The van der Waals surface area contributed by atoms with Crippen LogP contribution < -0.4 is 11.1 Å². The highest BCUT2D eigenvalue weighted by molar-refractivity contribution is 6.06. The van der Waals surface area contributed by atoms with E-state index < -0.39 is 18.0 Å². The van der Waals surface area contributed by atoms with E-state index in [1.54, 1.807) is 0 Å². The van der Waals surface area contributed by atoms with E-state index in [2.05, 4.69) is 5.32 Å². The molecule has 2 rings (SSSR count). The van der Waals surface area contributed by atoms with Gasteiger partial charge in [0.15, 0.2) is 0 Å². The molecule has 0 bridgehead atoms. The normalized spacial score (nSPS) is 26.1. The van der Waals surface area contributed by atoms with Crippen LogP contribution in [0, 0.1) is 5.92 Å². The molecule has 1 atom stereocenters. The summed E-state index contributed by atoms with van der Waals surface area (Å²) in [7, 11) is 0. The van der Waals surface area contributed by atoms with Crippen molar-refractivity contribution in [3.63, 3.8) is 0 Å². The zero-order valence-corrected chi connectivity index (χ0v) is 9.65. The van der Waals surface area contributed by atoms with Crippen molar-refractivity contribution in [3.8, 4) is 0 Å². The standard InChI is InChI=1S/C11H17N3O3/c12-8(15)6-14-10(16)9(13-11(14)17)7-4-2-1-3-5-7/h7,9H,1-6H2,(H2,12,15)(H,13,17)/t9-/m1/s1. The first-order chi connectivity index (χ1) is 8.09. The molecule has 0 spiro atoms. The molecular weight excluding hydrogens is 222 g/mol. The highest BCUT2D eigenvalue weighted by Crippen LogP contribution is 2.29. The monoisotopic (exact) mass is 239 g/mol. The first kappa shape index (κ1) is 11.9. The van der Waals surface area contributed by atoms with Crippen LogP contribution in [0.1, 0.15) is 32.1 Å². The molecule has 1 saturated heterocycles. The number of rotatable bonds is 3. The van der Waals surface area contributed by atoms with Gasteiger partial charge in [0.2, 0.25) is 5.91 Å². The summed E-state index contributed by atoms with van der Waals surface area (Å²) >= 11 is 0. The number of nitrogens with one attached hydrogen (secondary N) is 1. The summed E-state index contributed by atoms with van der Waals surface area (Å²) in [6.07, 6.45) is 5.30. The SMILES string of the molecule is NC(=O)CN1C(=O)N[C@H](C2CCCCC2)C1=O. The Kier molecular flexibility index (Phi) is 3.31. The number of carbonyl (C=O) groups excluding carboxylic acids is 3. The Bertz CT molecular complexity index is 350. The van der Waals surface area contributed by atoms with E-state index in [-0.39, 0.29) is 18.4 Å². The largest absolute Gasteiger partial charge is 0.368 e. The number of amides is 4. The highest BCUT2D eigenvalue weighted by Gasteiger charge is 2.42. The second-order valence-corrected chi connectivity index (χ2v) is 4.72. The molecule has 1 aliphatic heterocycles. The van der Waals surface area contributed by atoms with Crippen molar-refractivity contribution in [2.75, 3.05) is 6.54 Å². The molecule has 0 aromatic heterocycles. The lowest BCUT2D eigenvalue weighted by Gasteiger charge is -2.25. The van der Waals surface area contributed by atoms with Gasteiger partial charge in [-0.25, -0.2) is 4.79 Å². The van der Waals surface area contributed by atoms with E-state index in [0.717, 1.165) is 30.6 Å². The van der Waals surface area contributed by atoms with Gasteiger partial charge >= 0.3 is 6.03 Å². The summed E-state index contributed by atoms with van der Waals surface area (Å²) < 4.78 is 0. The van der Waals surface area contributed by atoms with Crippen LogP contribution in [-0.4, -0.2) is 35.3 Å². The molecule has 2 aliphatic rings. The van der Waals surface area contributed by atoms with Crippen LogP contribution in [0.4, 0.5) is 4.79 Å². The van der Waals surface area contributed by atoms with Gasteiger partial charge in [-0.15, -0.1) is 0 Å². The average molecular weight is 239 g/mol. The maximum absolute atomic E-state index is 12.0. The quantitative estimate of drug-likeness (QED) is 0.677. The topological polar surface area (TPSA) is 92.5 Å². The molecule has 0 unspecified atom stereocenters. The molecule has 6 nitrogen and oxygen atoms in total. The van der Waals surface area contributed by atoms with Crippen molar-refractivity contribution in [1.82, 2.24) is 10.2 Å². The van der Waals surface area contributed by atoms with Crippen LogP contribution in [0.2, 0.25) is 0 Å². The second kappa shape index (κ2) is 4.73. The molecule has 17 heavy (non-hydrogen) atoms. The van der Waals surface area contributed by atoms with E-state index >= 15 is 0 Å². The molecule has 6 heteroatoms. The highest BCUT2D eigenvalue weighted by atomic mass is 16.2. The van der Waals surface area contributed by atoms with Gasteiger partial charge in [0.25, 0.3) is 5.91 Å². The Hall–Kier alpha value is -1.59. The molecule has 1 heterocycles. The van der Waals surface area contributed by atoms with Gasteiger partial charge in [-0.05, 0) is 18.8 Å². The summed E-state index contributed by atoms with van der Waals surface area (Å²) in [5.74, 6) is -0.767. The minimum atomic E-state index is -0.669. The van der Waals surface area contributed by atoms with E-state index in [4.69, 9.17) is 5.73 Å². The number of urea groups is 1. The van der Waals surface area contributed by atoms with Crippen molar-refractivity contribution in [3.05, 3.63) is 0 Å². The van der Waals surface area contributed by atoms with E-state index in [1.165, 1.54) is 6.42 Å². The first-order valence-electron chi connectivity index (χ1n) is 6.00. The van der Waals surface area contributed by atoms with Gasteiger partial charge in [-0.1, -0.05) is 19.3 Å². The first-order valence-corrected chi connectivity index (χ1v) is 6.00. The number of hydrogen-bond donors (Lipinski definition) is 2. The summed E-state index contributed by atoms with van der Waals surface area (Å²) in [6, 6.07) is -0.952. The summed E-state index contributed by atoms with van der Waals surface area (Å²) in [4.78, 5) is 35.2. The molecule has 0 radical (unpaired) electrons. The molecule has 3 N–H and O–H groups in total. The molecule has 0 aromatic rings. The lowest BCUT2D eigenvalue weighted by atomic mass is 9.84. The smallest absolute Gasteiger partial charge is 0.325 e. The van der Waals surface area contributed by atoms with Crippen LogP contribution in [0.5, 0.6) is 0 Å². The lowest BCUT2D eigenvalue weighted by molar-refractivity contribution is -0.132. The molecule has 1 saturated carbocycles. The minimum Gasteiger partial charge on any atom is -0.368 e. The van der Waals surface area contributed by atoms with Crippen LogP contribution >= 0.6 is 0 Å². The number of nitrogens with zero attached hydrogens (tertiary/aromatic N) is 1. The maximum atomic E-state index is 12.0. The van der Waals surface area contributed by atoms with E-state index in [1.807, 2.05) is 0 Å². The summed E-state index contributed by atoms with van der Waals surface area (Å²) in [5, 5.41) is 2.66. The van der Waals surface area contributed by atoms with Gasteiger partial charge in [0.1, 0.15) is 12.6 Å². The van der Waals surface area contributed by atoms with Crippen molar-refractivity contribution in [2.45, 2.75) is 38.1 Å². The van der Waals surface area contributed by atoms with Gasteiger partial charge in [0, 0.05) is 0 Å². The van der Waals surface area contributed by atoms with Gasteiger partial charge in [-0.3, -0.25) is 14.5 Å². The fourth-order valence-electron chi connectivity index (χ4n) is 2.63. The predicted octanol–water partition coefficient (Wildman–Crippen LogP) is -0.0276. The fourth-order valence-corrected chi connectivity index (χ4v) is 2.63. The molecular formula is C11H17N3O3. The molecule has 94 valence electrons. The number of primary amides is 1.